The molecule has 166 valence electrons. The van der Waals surface area contributed by atoms with Crippen molar-refractivity contribution in [2.75, 3.05) is 11.4 Å². The quantitative estimate of drug-likeness (QED) is 0.377. The largest absolute Gasteiger partial charge is 0.349 e. The minimum absolute atomic E-state index is 0.270. The molecule has 0 radical (unpaired) electrons. The molecule has 5 heterocycles. The van der Waals surface area contributed by atoms with Crippen LogP contribution in [0.5, 0.6) is 0 Å². The third-order valence-corrected chi connectivity index (χ3v) is 6.90. The number of fused-ring (bicyclic) bond motifs is 1. The van der Waals surface area contributed by atoms with Crippen molar-refractivity contribution in [3.8, 4) is 16.1 Å². The van der Waals surface area contributed by atoms with Gasteiger partial charge >= 0.3 is 0 Å². The molecule has 0 saturated carbocycles. The summed E-state index contributed by atoms with van der Waals surface area (Å²) in [6, 6.07) is 5.20. The molecule has 0 spiro atoms. The molecular formula is C23H19F2N7S. The molecule has 0 N–H and O–H groups in total. The van der Waals surface area contributed by atoms with Crippen LogP contribution < -0.4 is 4.90 Å². The molecule has 1 aliphatic heterocycles. The third kappa shape index (κ3) is 3.46. The summed E-state index contributed by atoms with van der Waals surface area (Å²) >= 11 is 1.61. The maximum absolute atomic E-state index is 14.5. The zero-order valence-electron chi connectivity index (χ0n) is 17.7. The fraction of sp³-hybridized carbons (Fsp3) is 0.217. The van der Waals surface area contributed by atoms with Gasteiger partial charge in [-0.1, -0.05) is 0 Å². The van der Waals surface area contributed by atoms with E-state index in [0.29, 0.717) is 23.6 Å². The molecule has 4 aromatic heterocycles. The fourth-order valence-electron chi connectivity index (χ4n) is 4.38. The Kier molecular flexibility index (Phi) is 4.68. The lowest BCUT2D eigenvalue weighted by atomic mass is 10.0. The van der Waals surface area contributed by atoms with Crippen LogP contribution >= 0.6 is 11.3 Å². The zero-order chi connectivity index (χ0) is 22.5. The topological polar surface area (TPSA) is 64.1 Å². The van der Waals surface area contributed by atoms with Crippen LogP contribution in [0, 0.1) is 18.6 Å². The molecule has 1 saturated heterocycles. The Hall–Kier alpha value is -3.66. The van der Waals surface area contributed by atoms with Gasteiger partial charge in [-0.25, -0.2) is 27.9 Å². The number of aryl methyl sites for hydroxylation is 1. The van der Waals surface area contributed by atoms with Crippen LogP contribution in [-0.4, -0.2) is 35.9 Å². The highest BCUT2D eigenvalue weighted by Gasteiger charge is 2.30. The molecule has 33 heavy (non-hydrogen) atoms. The minimum atomic E-state index is -0.439. The van der Waals surface area contributed by atoms with Gasteiger partial charge in [-0.3, -0.25) is 0 Å². The Morgan fingerprint density at radius 2 is 2.00 bits per heavy atom. The van der Waals surface area contributed by atoms with Crippen molar-refractivity contribution in [2.45, 2.75) is 25.8 Å². The maximum Gasteiger partial charge on any atom is 0.183 e. The Bertz CT molecular complexity index is 1470. The molecule has 0 aliphatic carbocycles. The van der Waals surface area contributed by atoms with Crippen molar-refractivity contribution in [3.63, 3.8) is 0 Å². The monoisotopic (exact) mass is 463 g/mol. The van der Waals surface area contributed by atoms with Gasteiger partial charge in [0.05, 0.1) is 28.3 Å². The van der Waals surface area contributed by atoms with Gasteiger partial charge in [-0.15, -0.1) is 11.3 Å². The van der Waals surface area contributed by atoms with E-state index in [1.165, 1.54) is 12.1 Å². The lowest BCUT2D eigenvalue weighted by molar-refractivity contribution is 0.560. The highest BCUT2D eigenvalue weighted by molar-refractivity contribution is 7.15. The van der Waals surface area contributed by atoms with Gasteiger partial charge < -0.3 is 4.90 Å². The third-order valence-electron chi connectivity index (χ3n) is 5.94. The van der Waals surface area contributed by atoms with Crippen LogP contribution in [0.4, 0.5) is 14.6 Å². The summed E-state index contributed by atoms with van der Waals surface area (Å²) in [4.78, 5) is 12.2. The highest BCUT2D eigenvalue weighted by atomic mass is 32.1. The van der Waals surface area contributed by atoms with Crippen LogP contribution in [0.15, 0.2) is 55.2 Å². The average Bonchev–Trinajstić information content (AvgIpc) is 3.60. The number of anilines is 1. The van der Waals surface area contributed by atoms with Crippen LogP contribution in [0.25, 0.3) is 21.8 Å². The first-order valence-corrected chi connectivity index (χ1v) is 11.4. The molecular weight excluding hydrogens is 444 g/mol. The lowest BCUT2D eigenvalue weighted by Gasteiger charge is -2.26. The summed E-state index contributed by atoms with van der Waals surface area (Å²) in [6.45, 7) is 2.68. The molecule has 1 atom stereocenters. The summed E-state index contributed by atoms with van der Waals surface area (Å²) in [5.74, 6) is -0.145. The first-order valence-electron chi connectivity index (χ1n) is 10.6. The molecule has 10 heteroatoms. The second kappa shape index (κ2) is 7.73. The summed E-state index contributed by atoms with van der Waals surface area (Å²) in [6.07, 6.45) is 10.7. The van der Waals surface area contributed by atoms with E-state index in [-0.39, 0.29) is 6.04 Å². The van der Waals surface area contributed by atoms with Gasteiger partial charge in [0.1, 0.15) is 23.1 Å². The molecule has 1 aliphatic rings. The van der Waals surface area contributed by atoms with Crippen molar-refractivity contribution in [3.05, 3.63) is 77.5 Å². The number of benzene rings is 1. The number of rotatable bonds is 4. The zero-order valence-corrected chi connectivity index (χ0v) is 18.5. The number of hydrogen-bond acceptors (Lipinski definition) is 6. The Morgan fingerprint density at radius 3 is 2.85 bits per heavy atom. The number of nitrogens with zero attached hydrogens (tertiary/aromatic N) is 7. The number of hydrogen-bond donors (Lipinski definition) is 0. The maximum atomic E-state index is 14.5. The van der Waals surface area contributed by atoms with Gasteiger partial charge in [-0.05, 0) is 44.0 Å². The smallest absolute Gasteiger partial charge is 0.183 e. The fourth-order valence-corrected chi connectivity index (χ4v) is 5.13. The second-order valence-electron chi connectivity index (χ2n) is 8.02. The van der Waals surface area contributed by atoms with E-state index >= 15 is 0 Å². The van der Waals surface area contributed by atoms with E-state index in [4.69, 9.17) is 4.98 Å². The van der Waals surface area contributed by atoms with Gasteiger partial charge in [0.25, 0.3) is 0 Å². The second-order valence-corrected chi connectivity index (χ2v) is 9.25. The van der Waals surface area contributed by atoms with Crippen LogP contribution in [0.3, 0.4) is 0 Å². The molecule has 0 amide bonds. The van der Waals surface area contributed by atoms with Gasteiger partial charge in [-0.2, -0.15) is 10.2 Å². The summed E-state index contributed by atoms with van der Waals surface area (Å²) < 4.78 is 31.8. The van der Waals surface area contributed by atoms with Gasteiger partial charge in [0.2, 0.25) is 0 Å². The van der Waals surface area contributed by atoms with Crippen molar-refractivity contribution in [1.82, 2.24) is 29.4 Å². The SMILES string of the molecule is Cc1ncc(-c2cnn(-c3cnn4ccc(N5CCCC5c5cc(F)ccc5F)nc34)c2)s1. The normalized spacial score (nSPS) is 16.2. The average molecular weight is 464 g/mol. The number of halogens is 2. The first kappa shape index (κ1) is 20.0. The minimum Gasteiger partial charge on any atom is -0.349 e. The summed E-state index contributed by atoms with van der Waals surface area (Å²) in [5.41, 5.74) is 2.70. The molecule has 6 rings (SSSR count). The number of thiazole rings is 1. The van der Waals surface area contributed by atoms with Crippen molar-refractivity contribution >= 4 is 22.8 Å². The molecule has 7 nitrogen and oxygen atoms in total. The summed E-state index contributed by atoms with van der Waals surface area (Å²) in [5, 5.41) is 9.91. The van der Waals surface area contributed by atoms with E-state index < -0.39 is 11.6 Å². The van der Waals surface area contributed by atoms with E-state index in [1.807, 2.05) is 36.5 Å². The predicted octanol–water partition coefficient (Wildman–Crippen LogP) is 4.97. The predicted molar refractivity (Wildman–Crippen MR) is 122 cm³/mol. The van der Waals surface area contributed by atoms with E-state index in [0.717, 1.165) is 40.0 Å². The van der Waals surface area contributed by atoms with Crippen LogP contribution in [0.1, 0.15) is 29.5 Å². The standard InChI is InChI=1S/C23H19F2N7S/c1-14-26-12-21(33-14)15-10-27-32(13-15)20-11-28-31-8-6-22(29-23(20)31)30-7-2-3-19(30)17-9-16(24)4-5-18(17)25/h4-6,8-13,19H,2-3,7H2,1H3. The van der Waals surface area contributed by atoms with Crippen molar-refractivity contribution in [1.29, 1.82) is 0 Å². The first-order chi connectivity index (χ1) is 16.1. The number of aromatic nitrogens is 6. The Morgan fingerprint density at radius 1 is 1.09 bits per heavy atom. The van der Waals surface area contributed by atoms with Gasteiger partial charge in [0, 0.05) is 36.3 Å². The Labute approximate surface area is 192 Å². The highest BCUT2D eigenvalue weighted by Crippen LogP contribution is 2.37. The van der Waals surface area contributed by atoms with Gasteiger partial charge in [0.15, 0.2) is 5.65 Å². The molecule has 0 bridgehead atoms. The lowest BCUT2D eigenvalue weighted by Crippen LogP contribution is -2.24. The van der Waals surface area contributed by atoms with Crippen molar-refractivity contribution in [2.24, 2.45) is 0 Å². The van der Waals surface area contributed by atoms with E-state index in [9.17, 15) is 8.78 Å². The van der Waals surface area contributed by atoms with Crippen LogP contribution in [0.2, 0.25) is 0 Å². The summed E-state index contributed by atoms with van der Waals surface area (Å²) in [7, 11) is 0. The Balaban J connectivity index is 1.38. The molecule has 1 fully saturated rings. The van der Waals surface area contributed by atoms with Crippen LogP contribution in [-0.2, 0) is 0 Å². The van der Waals surface area contributed by atoms with E-state index in [1.54, 1.807) is 32.9 Å². The molecule has 1 unspecified atom stereocenters. The van der Waals surface area contributed by atoms with Crippen molar-refractivity contribution < 1.29 is 8.78 Å². The molecule has 5 aromatic rings. The molecule has 1 aromatic carbocycles. The van der Waals surface area contributed by atoms with E-state index in [2.05, 4.69) is 15.2 Å².